The van der Waals surface area contributed by atoms with Crippen molar-refractivity contribution in [3.05, 3.63) is 34.3 Å². The van der Waals surface area contributed by atoms with E-state index in [4.69, 9.17) is 0 Å². The molecule has 4 heteroatoms. The number of likely N-dealkylation sites (tertiary alicyclic amines) is 1. The minimum Gasteiger partial charge on any atom is -0.391 e. The number of carbonyl (C=O) groups is 1. The Labute approximate surface area is 103 Å². The van der Waals surface area contributed by atoms with E-state index >= 15 is 0 Å². The summed E-state index contributed by atoms with van der Waals surface area (Å²) < 4.78 is 0.961. The van der Waals surface area contributed by atoms with Crippen LogP contribution in [-0.4, -0.2) is 35.1 Å². The third kappa shape index (κ3) is 2.62. The molecule has 1 heterocycles. The van der Waals surface area contributed by atoms with Gasteiger partial charge < -0.3 is 10.0 Å². The second-order valence-corrected chi connectivity index (χ2v) is 4.90. The number of aliphatic hydroxyl groups is 1. The molecule has 0 radical (unpaired) electrons. The van der Waals surface area contributed by atoms with Gasteiger partial charge in [-0.1, -0.05) is 34.1 Å². The van der Waals surface area contributed by atoms with E-state index < -0.39 is 0 Å². The lowest BCUT2D eigenvalue weighted by Gasteiger charge is -2.15. The second-order valence-electron chi connectivity index (χ2n) is 4.05. The van der Waals surface area contributed by atoms with Gasteiger partial charge in [0.05, 0.1) is 12.5 Å². The van der Waals surface area contributed by atoms with Gasteiger partial charge in [-0.3, -0.25) is 4.79 Å². The summed E-state index contributed by atoms with van der Waals surface area (Å²) >= 11 is 3.43. The Morgan fingerprint density at radius 3 is 2.88 bits per heavy atom. The fourth-order valence-corrected chi connectivity index (χ4v) is 2.31. The van der Waals surface area contributed by atoms with E-state index in [0.29, 0.717) is 25.9 Å². The Kier molecular flexibility index (Phi) is 3.61. The molecule has 16 heavy (non-hydrogen) atoms. The van der Waals surface area contributed by atoms with Crippen molar-refractivity contribution in [2.75, 3.05) is 13.1 Å². The van der Waals surface area contributed by atoms with Crippen LogP contribution in [0.25, 0.3) is 0 Å². The minimum atomic E-state index is -0.344. The normalized spacial score (nSPS) is 20.1. The Morgan fingerprint density at radius 2 is 2.25 bits per heavy atom. The molecule has 0 spiro atoms. The molecule has 1 aromatic carbocycles. The first-order chi connectivity index (χ1) is 7.66. The number of aliphatic hydroxyl groups excluding tert-OH is 1. The lowest BCUT2D eigenvalue weighted by atomic mass is 10.1. The van der Waals surface area contributed by atoms with Gasteiger partial charge in [0.25, 0.3) is 0 Å². The predicted molar refractivity (Wildman–Crippen MR) is 65.0 cm³/mol. The highest BCUT2D eigenvalue weighted by Crippen LogP contribution is 2.18. The number of benzene rings is 1. The van der Waals surface area contributed by atoms with Gasteiger partial charge in [-0.2, -0.15) is 0 Å². The van der Waals surface area contributed by atoms with Crippen LogP contribution in [0.1, 0.15) is 12.0 Å². The lowest BCUT2D eigenvalue weighted by Crippen LogP contribution is -2.30. The van der Waals surface area contributed by atoms with Crippen molar-refractivity contribution in [1.82, 2.24) is 4.90 Å². The Hall–Kier alpha value is -0.870. The molecule has 2 rings (SSSR count). The first-order valence-electron chi connectivity index (χ1n) is 5.36. The number of hydrogen-bond donors (Lipinski definition) is 1. The van der Waals surface area contributed by atoms with Crippen molar-refractivity contribution in [3.8, 4) is 0 Å². The van der Waals surface area contributed by atoms with Crippen LogP contribution in [0.4, 0.5) is 0 Å². The zero-order valence-electron chi connectivity index (χ0n) is 8.90. The molecule has 1 N–H and O–H groups in total. The van der Waals surface area contributed by atoms with Crippen molar-refractivity contribution in [2.45, 2.75) is 18.9 Å². The quantitative estimate of drug-likeness (QED) is 0.896. The molecule has 1 fully saturated rings. The molecule has 1 atom stereocenters. The number of halogens is 1. The van der Waals surface area contributed by atoms with E-state index in [1.807, 2.05) is 24.3 Å². The van der Waals surface area contributed by atoms with Crippen LogP contribution < -0.4 is 0 Å². The topological polar surface area (TPSA) is 40.5 Å². The molecule has 0 aromatic heterocycles. The summed E-state index contributed by atoms with van der Waals surface area (Å²) in [5, 5.41) is 9.37. The van der Waals surface area contributed by atoms with Crippen LogP contribution in [0.15, 0.2) is 28.7 Å². The lowest BCUT2D eigenvalue weighted by molar-refractivity contribution is -0.129. The number of rotatable bonds is 2. The monoisotopic (exact) mass is 283 g/mol. The van der Waals surface area contributed by atoms with E-state index in [1.54, 1.807) is 4.90 Å². The van der Waals surface area contributed by atoms with Crippen LogP contribution in [0.5, 0.6) is 0 Å². The standard InChI is InChI=1S/C12H14BrNO2/c13-11-4-2-1-3-9(11)7-12(16)14-6-5-10(15)8-14/h1-4,10,15H,5-8H2. The zero-order chi connectivity index (χ0) is 11.5. The molecular formula is C12H14BrNO2. The molecule has 1 aliphatic heterocycles. The van der Waals surface area contributed by atoms with Crippen molar-refractivity contribution in [3.63, 3.8) is 0 Å². The van der Waals surface area contributed by atoms with Crippen LogP contribution in [0.2, 0.25) is 0 Å². The summed E-state index contributed by atoms with van der Waals surface area (Å²) in [7, 11) is 0. The third-order valence-corrected chi connectivity index (χ3v) is 3.59. The molecule has 1 amide bonds. The molecule has 86 valence electrons. The van der Waals surface area contributed by atoms with Crippen LogP contribution in [-0.2, 0) is 11.2 Å². The third-order valence-electron chi connectivity index (χ3n) is 2.82. The average Bonchev–Trinajstić information content (AvgIpc) is 2.68. The summed E-state index contributed by atoms with van der Waals surface area (Å²) in [6.07, 6.45) is 0.749. The Balaban J connectivity index is 2.00. The molecule has 0 saturated carbocycles. The second kappa shape index (κ2) is 4.97. The largest absolute Gasteiger partial charge is 0.391 e. The van der Waals surface area contributed by atoms with Gasteiger partial charge >= 0.3 is 0 Å². The van der Waals surface area contributed by atoms with Gasteiger partial charge in [0.15, 0.2) is 0 Å². The van der Waals surface area contributed by atoms with E-state index in [-0.39, 0.29) is 12.0 Å². The summed E-state index contributed by atoms with van der Waals surface area (Å²) in [6, 6.07) is 7.72. The summed E-state index contributed by atoms with van der Waals surface area (Å²) in [6.45, 7) is 1.15. The van der Waals surface area contributed by atoms with Gasteiger partial charge in [0, 0.05) is 17.6 Å². The first kappa shape index (κ1) is 11.6. The maximum absolute atomic E-state index is 11.9. The number of carbonyl (C=O) groups excluding carboxylic acids is 1. The Morgan fingerprint density at radius 1 is 1.50 bits per heavy atom. The minimum absolute atomic E-state index is 0.0865. The molecule has 3 nitrogen and oxygen atoms in total. The van der Waals surface area contributed by atoms with Crippen LogP contribution in [0.3, 0.4) is 0 Å². The molecule has 0 bridgehead atoms. The number of hydrogen-bond acceptors (Lipinski definition) is 2. The SMILES string of the molecule is O=C(Cc1ccccc1Br)N1CCC(O)C1. The summed E-state index contributed by atoms with van der Waals surface area (Å²) in [4.78, 5) is 13.6. The average molecular weight is 284 g/mol. The molecule has 1 unspecified atom stereocenters. The van der Waals surface area contributed by atoms with E-state index in [2.05, 4.69) is 15.9 Å². The Bertz CT molecular complexity index is 394. The van der Waals surface area contributed by atoms with Crippen molar-refractivity contribution < 1.29 is 9.90 Å². The fourth-order valence-electron chi connectivity index (χ4n) is 1.88. The molecular weight excluding hydrogens is 270 g/mol. The van der Waals surface area contributed by atoms with Crippen molar-refractivity contribution in [1.29, 1.82) is 0 Å². The first-order valence-corrected chi connectivity index (χ1v) is 6.15. The van der Waals surface area contributed by atoms with Gasteiger partial charge in [0.2, 0.25) is 5.91 Å². The fraction of sp³-hybridized carbons (Fsp3) is 0.417. The van der Waals surface area contributed by atoms with Crippen molar-refractivity contribution in [2.24, 2.45) is 0 Å². The number of amides is 1. The smallest absolute Gasteiger partial charge is 0.227 e. The van der Waals surface area contributed by atoms with Gasteiger partial charge in [-0.25, -0.2) is 0 Å². The van der Waals surface area contributed by atoms with Crippen molar-refractivity contribution >= 4 is 21.8 Å². The number of nitrogens with zero attached hydrogens (tertiary/aromatic N) is 1. The van der Waals surface area contributed by atoms with Gasteiger partial charge in [-0.15, -0.1) is 0 Å². The maximum Gasteiger partial charge on any atom is 0.227 e. The maximum atomic E-state index is 11.9. The van der Waals surface area contributed by atoms with E-state index in [0.717, 1.165) is 10.0 Å². The highest BCUT2D eigenvalue weighted by Gasteiger charge is 2.24. The molecule has 1 aliphatic rings. The summed E-state index contributed by atoms with van der Waals surface area (Å²) in [5.41, 5.74) is 0.994. The summed E-state index contributed by atoms with van der Waals surface area (Å²) in [5.74, 6) is 0.0865. The van der Waals surface area contributed by atoms with Gasteiger partial charge in [-0.05, 0) is 18.1 Å². The highest BCUT2D eigenvalue weighted by molar-refractivity contribution is 9.10. The zero-order valence-corrected chi connectivity index (χ0v) is 10.5. The molecule has 0 aliphatic carbocycles. The highest BCUT2D eigenvalue weighted by atomic mass is 79.9. The molecule has 1 aromatic rings. The van der Waals surface area contributed by atoms with Gasteiger partial charge in [0.1, 0.15) is 0 Å². The van der Waals surface area contributed by atoms with Crippen LogP contribution in [0, 0.1) is 0 Å². The predicted octanol–water partition coefficient (Wildman–Crippen LogP) is 1.58. The van der Waals surface area contributed by atoms with E-state index in [1.165, 1.54) is 0 Å². The number of β-amino-alcohol motifs (C(OH)–C–C–N with tert-alkyl or cyclic N) is 1. The van der Waals surface area contributed by atoms with Crippen LogP contribution >= 0.6 is 15.9 Å². The molecule has 1 saturated heterocycles. The van der Waals surface area contributed by atoms with E-state index in [9.17, 15) is 9.90 Å².